The third-order valence-electron chi connectivity index (χ3n) is 2.17. The molecule has 21 heavy (non-hydrogen) atoms. The van der Waals surface area contributed by atoms with Gasteiger partial charge in [0, 0.05) is 5.38 Å². The van der Waals surface area contributed by atoms with Crippen molar-refractivity contribution in [3.8, 4) is 0 Å². The third-order valence-corrected chi connectivity index (χ3v) is 3.67. The summed E-state index contributed by atoms with van der Waals surface area (Å²) in [6.07, 6.45) is 0.832. The van der Waals surface area contributed by atoms with Crippen molar-refractivity contribution in [2.24, 2.45) is 0 Å². The molecule has 0 saturated heterocycles. The van der Waals surface area contributed by atoms with E-state index in [0.717, 1.165) is 24.7 Å². The lowest BCUT2D eigenvalue weighted by Crippen LogP contribution is -2.44. The van der Waals surface area contributed by atoms with E-state index in [4.69, 9.17) is 5.11 Å². The van der Waals surface area contributed by atoms with E-state index in [-0.39, 0.29) is 11.6 Å². The average Bonchev–Trinajstić information content (AvgIpc) is 2.79. The average molecular weight is 337 g/mol. The molecular formula is C10H15N3O6S2. The number of sulfonamides is 1. The van der Waals surface area contributed by atoms with E-state index in [9.17, 15) is 18.0 Å². The van der Waals surface area contributed by atoms with Crippen LogP contribution in [0.1, 0.15) is 5.69 Å². The van der Waals surface area contributed by atoms with Gasteiger partial charge in [0.1, 0.15) is 0 Å². The molecule has 11 heteroatoms. The molecule has 3 N–H and O–H groups in total. The normalized spacial score (nSPS) is 12.5. The van der Waals surface area contributed by atoms with Crippen LogP contribution in [0.25, 0.3) is 0 Å². The van der Waals surface area contributed by atoms with Crippen LogP contribution in [0, 0.1) is 0 Å². The fourth-order valence-electron chi connectivity index (χ4n) is 1.32. The van der Waals surface area contributed by atoms with Crippen LogP contribution in [-0.2, 0) is 30.8 Å². The number of rotatable bonds is 7. The molecule has 0 spiro atoms. The zero-order valence-corrected chi connectivity index (χ0v) is 13.0. The van der Waals surface area contributed by atoms with Gasteiger partial charge in [0.15, 0.2) is 11.2 Å². The molecule has 0 aromatic carbocycles. The van der Waals surface area contributed by atoms with Crippen LogP contribution in [0.3, 0.4) is 0 Å². The molecule has 0 aliphatic carbocycles. The summed E-state index contributed by atoms with van der Waals surface area (Å²) in [5, 5.41) is 12.9. The minimum atomic E-state index is -3.43. The first-order valence-corrected chi connectivity index (χ1v) is 8.42. The maximum Gasteiger partial charge on any atom is 0.330 e. The quantitative estimate of drug-likeness (QED) is 0.527. The number of thiazole rings is 1. The number of hydrogen-bond acceptors (Lipinski definition) is 8. The van der Waals surface area contributed by atoms with E-state index >= 15 is 0 Å². The number of methoxy groups -OCH3 is 1. The fraction of sp³-hybridized carbons (Fsp3) is 0.500. The molecule has 1 heterocycles. The van der Waals surface area contributed by atoms with Crippen molar-refractivity contribution in [2.75, 3.05) is 24.7 Å². The number of aromatic nitrogens is 1. The Kier molecular flexibility index (Phi) is 6.05. The van der Waals surface area contributed by atoms with Gasteiger partial charge in [-0.15, -0.1) is 11.3 Å². The monoisotopic (exact) mass is 337 g/mol. The zero-order chi connectivity index (χ0) is 16.0. The number of hydrogen-bond donors (Lipinski definition) is 3. The van der Waals surface area contributed by atoms with E-state index in [1.165, 1.54) is 5.38 Å². The second-order valence-electron chi connectivity index (χ2n) is 4.02. The molecule has 1 aromatic rings. The van der Waals surface area contributed by atoms with Gasteiger partial charge in [0.05, 0.1) is 32.1 Å². The van der Waals surface area contributed by atoms with Gasteiger partial charge in [0.25, 0.3) is 0 Å². The van der Waals surface area contributed by atoms with Crippen molar-refractivity contribution in [1.29, 1.82) is 0 Å². The molecular weight excluding hydrogens is 322 g/mol. The van der Waals surface area contributed by atoms with Crippen molar-refractivity contribution < 1.29 is 27.9 Å². The van der Waals surface area contributed by atoms with Crippen LogP contribution < -0.4 is 10.0 Å². The highest BCUT2D eigenvalue weighted by molar-refractivity contribution is 7.92. The van der Waals surface area contributed by atoms with Gasteiger partial charge >= 0.3 is 5.97 Å². The van der Waals surface area contributed by atoms with Crippen LogP contribution in [0.4, 0.5) is 5.13 Å². The molecule has 0 aliphatic rings. The van der Waals surface area contributed by atoms with Crippen molar-refractivity contribution in [3.63, 3.8) is 0 Å². The smallest absolute Gasteiger partial charge is 0.330 e. The van der Waals surface area contributed by atoms with Crippen molar-refractivity contribution in [2.45, 2.75) is 12.5 Å². The summed E-state index contributed by atoms with van der Waals surface area (Å²) in [6, 6.07) is -1.14. The minimum Gasteiger partial charge on any atom is -0.467 e. The Morgan fingerprint density at radius 1 is 1.52 bits per heavy atom. The van der Waals surface area contributed by atoms with Crippen molar-refractivity contribution >= 4 is 38.4 Å². The standard InChI is InChI=1S/C10H15N3O6S2/c1-19-9(16)7(4-14)12-8(15)3-6-5-20-10(11-6)13-21(2,17)18/h5,7,14H,3-4H2,1-2H3,(H,11,13)(H,12,15). The largest absolute Gasteiger partial charge is 0.467 e. The molecule has 0 saturated carbocycles. The summed E-state index contributed by atoms with van der Waals surface area (Å²) in [6.45, 7) is -0.587. The lowest BCUT2D eigenvalue weighted by Gasteiger charge is -2.13. The maximum atomic E-state index is 11.7. The van der Waals surface area contributed by atoms with Crippen molar-refractivity contribution in [3.05, 3.63) is 11.1 Å². The second-order valence-corrected chi connectivity index (χ2v) is 6.63. The molecule has 1 aromatic heterocycles. The molecule has 118 valence electrons. The van der Waals surface area contributed by atoms with Crippen LogP contribution in [0.2, 0.25) is 0 Å². The molecule has 0 aliphatic heterocycles. The number of carbonyl (C=O) groups is 2. The molecule has 1 amide bonds. The lowest BCUT2D eigenvalue weighted by molar-refractivity contribution is -0.146. The molecule has 0 bridgehead atoms. The van der Waals surface area contributed by atoms with Gasteiger partial charge in [-0.2, -0.15) is 0 Å². The van der Waals surface area contributed by atoms with Crippen LogP contribution in [-0.4, -0.2) is 56.4 Å². The number of amides is 1. The minimum absolute atomic E-state index is 0.145. The summed E-state index contributed by atoms with van der Waals surface area (Å²) in [5.41, 5.74) is 0.338. The van der Waals surface area contributed by atoms with Gasteiger partial charge in [-0.1, -0.05) is 0 Å². The Labute approximate surface area is 125 Å². The first-order chi connectivity index (χ1) is 9.75. The van der Waals surface area contributed by atoms with Crippen molar-refractivity contribution in [1.82, 2.24) is 10.3 Å². The molecule has 0 radical (unpaired) electrons. The summed E-state index contributed by atoms with van der Waals surface area (Å²) in [5.74, 6) is -1.31. The Morgan fingerprint density at radius 2 is 2.19 bits per heavy atom. The molecule has 9 nitrogen and oxygen atoms in total. The number of nitrogens with one attached hydrogen (secondary N) is 2. The first kappa shape index (κ1) is 17.3. The summed E-state index contributed by atoms with van der Waals surface area (Å²) in [4.78, 5) is 26.8. The Hall–Kier alpha value is -1.72. The number of nitrogens with zero attached hydrogens (tertiary/aromatic N) is 1. The van der Waals surface area contributed by atoms with Gasteiger partial charge in [-0.3, -0.25) is 9.52 Å². The molecule has 0 fully saturated rings. The highest BCUT2D eigenvalue weighted by atomic mass is 32.2. The zero-order valence-electron chi connectivity index (χ0n) is 11.3. The van der Waals surface area contributed by atoms with Crippen LogP contribution >= 0.6 is 11.3 Å². The van der Waals surface area contributed by atoms with E-state index < -0.39 is 34.5 Å². The van der Waals surface area contributed by atoms with Gasteiger partial charge < -0.3 is 15.2 Å². The number of esters is 1. The van der Waals surface area contributed by atoms with E-state index in [1.54, 1.807) is 0 Å². The Bertz CT molecular complexity index is 612. The highest BCUT2D eigenvalue weighted by Gasteiger charge is 2.21. The Balaban J connectivity index is 2.61. The fourth-order valence-corrected chi connectivity index (χ4v) is 2.89. The van der Waals surface area contributed by atoms with Gasteiger partial charge in [0.2, 0.25) is 15.9 Å². The van der Waals surface area contributed by atoms with E-state index in [0.29, 0.717) is 5.69 Å². The van der Waals surface area contributed by atoms with Gasteiger partial charge in [-0.25, -0.2) is 18.2 Å². The SMILES string of the molecule is COC(=O)C(CO)NC(=O)Cc1csc(NS(C)(=O)=O)n1. The van der Waals surface area contributed by atoms with Crippen LogP contribution in [0.15, 0.2) is 5.38 Å². The van der Waals surface area contributed by atoms with Gasteiger partial charge in [-0.05, 0) is 0 Å². The molecule has 1 rings (SSSR count). The highest BCUT2D eigenvalue weighted by Crippen LogP contribution is 2.16. The third kappa shape index (κ3) is 6.06. The molecule has 1 atom stereocenters. The predicted octanol–water partition coefficient (Wildman–Crippen LogP) is -1.29. The summed E-state index contributed by atoms with van der Waals surface area (Å²) in [7, 11) is -2.29. The summed E-state index contributed by atoms with van der Waals surface area (Å²) < 4.78 is 28.6. The number of aliphatic hydroxyl groups is 1. The number of ether oxygens (including phenoxy) is 1. The number of aliphatic hydroxyl groups excluding tert-OH is 1. The number of carbonyl (C=O) groups excluding carboxylic acids is 2. The topological polar surface area (TPSA) is 135 Å². The maximum absolute atomic E-state index is 11.7. The summed E-state index contributed by atoms with van der Waals surface area (Å²) >= 11 is 1.03. The first-order valence-electron chi connectivity index (χ1n) is 5.65. The van der Waals surface area contributed by atoms with E-state index in [1.807, 2.05) is 0 Å². The Morgan fingerprint density at radius 3 is 2.71 bits per heavy atom. The molecule has 1 unspecified atom stereocenters. The van der Waals surface area contributed by atoms with E-state index in [2.05, 4.69) is 19.8 Å². The second kappa shape index (κ2) is 7.33. The van der Waals surface area contributed by atoms with Crippen LogP contribution in [0.5, 0.6) is 0 Å². The lowest BCUT2D eigenvalue weighted by atomic mass is 10.2. The predicted molar refractivity (Wildman–Crippen MR) is 75.3 cm³/mol. The number of anilines is 1.